The van der Waals surface area contributed by atoms with Crippen molar-refractivity contribution in [3.63, 3.8) is 0 Å². The molecule has 1 fully saturated rings. The number of nitrogens with two attached hydrogens (primary N) is 1. The normalized spacial score (nSPS) is 16.1. The summed E-state index contributed by atoms with van der Waals surface area (Å²) in [5.41, 5.74) is 7.83. The van der Waals surface area contributed by atoms with E-state index in [4.69, 9.17) is 10.3 Å². The number of hydrogen-bond donors (Lipinski definition) is 1. The van der Waals surface area contributed by atoms with Crippen LogP contribution in [0.2, 0.25) is 0 Å². The third-order valence-corrected chi connectivity index (χ3v) is 4.85. The van der Waals surface area contributed by atoms with Gasteiger partial charge in [-0.3, -0.25) is 0 Å². The number of nitrogens with zero attached hydrogens (tertiary/aromatic N) is 4. The number of para-hydroxylation sites is 1. The van der Waals surface area contributed by atoms with Crippen LogP contribution in [0.3, 0.4) is 0 Å². The van der Waals surface area contributed by atoms with Crippen molar-refractivity contribution in [3.05, 3.63) is 54.5 Å². The van der Waals surface area contributed by atoms with Crippen LogP contribution in [-0.2, 0) is 5.54 Å². The fourth-order valence-corrected chi connectivity index (χ4v) is 3.27. The maximum atomic E-state index is 6.39. The molecule has 2 aromatic heterocycles. The van der Waals surface area contributed by atoms with E-state index < -0.39 is 5.54 Å². The van der Waals surface area contributed by atoms with E-state index in [0.717, 1.165) is 42.8 Å². The molecule has 1 aliphatic carbocycles. The fourth-order valence-electron chi connectivity index (χ4n) is 3.27. The van der Waals surface area contributed by atoms with Crippen molar-refractivity contribution in [2.45, 2.75) is 31.2 Å². The number of pyridine rings is 1. The highest BCUT2D eigenvalue weighted by Crippen LogP contribution is 2.35. The molecule has 2 heterocycles. The molecule has 0 saturated heterocycles. The summed E-state index contributed by atoms with van der Waals surface area (Å²) in [6.07, 6.45) is 5.80. The molecule has 0 bridgehead atoms. The predicted octanol–water partition coefficient (Wildman–Crippen LogP) is 3.63. The number of anilines is 2. The first-order valence-corrected chi connectivity index (χ1v) is 8.54. The van der Waals surface area contributed by atoms with Crippen LogP contribution in [-0.4, -0.2) is 22.2 Å². The lowest BCUT2D eigenvalue weighted by atomic mass is 9.99. The minimum absolute atomic E-state index is 0.442. The molecule has 6 heteroatoms. The van der Waals surface area contributed by atoms with Gasteiger partial charge in [-0.15, -0.1) is 0 Å². The van der Waals surface area contributed by atoms with Crippen LogP contribution in [0.25, 0.3) is 11.5 Å². The highest BCUT2D eigenvalue weighted by molar-refractivity contribution is 5.61. The van der Waals surface area contributed by atoms with E-state index in [2.05, 4.69) is 15.1 Å². The van der Waals surface area contributed by atoms with Gasteiger partial charge in [0.25, 0.3) is 5.89 Å². The van der Waals surface area contributed by atoms with E-state index in [1.807, 2.05) is 54.4 Å². The highest BCUT2D eigenvalue weighted by atomic mass is 16.5. The van der Waals surface area contributed by atoms with Crippen molar-refractivity contribution in [1.29, 1.82) is 0 Å². The monoisotopic (exact) mass is 335 g/mol. The van der Waals surface area contributed by atoms with E-state index >= 15 is 0 Å². The summed E-state index contributed by atoms with van der Waals surface area (Å²) in [5, 5.41) is 4.10. The second kappa shape index (κ2) is 6.29. The summed E-state index contributed by atoms with van der Waals surface area (Å²) < 4.78 is 5.42. The second-order valence-electron chi connectivity index (χ2n) is 6.59. The quantitative estimate of drug-likeness (QED) is 0.784. The Bertz CT molecular complexity index is 838. The number of rotatable bonds is 4. The molecule has 3 aromatic rings. The molecule has 1 aliphatic rings. The van der Waals surface area contributed by atoms with Crippen molar-refractivity contribution in [3.8, 4) is 11.5 Å². The van der Waals surface area contributed by atoms with Gasteiger partial charge in [0.1, 0.15) is 5.82 Å². The average Bonchev–Trinajstić information content (AvgIpc) is 3.32. The smallest absolute Gasteiger partial charge is 0.259 e. The van der Waals surface area contributed by atoms with E-state index in [1.54, 1.807) is 6.20 Å². The second-order valence-corrected chi connectivity index (χ2v) is 6.59. The number of hydrogen-bond acceptors (Lipinski definition) is 6. The Balaban J connectivity index is 1.56. The summed E-state index contributed by atoms with van der Waals surface area (Å²) in [6.45, 7) is 0. The summed E-state index contributed by atoms with van der Waals surface area (Å²) in [5.74, 6) is 1.92. The summed E-state index contributed by atoms with van der Waals surface area (Å²) >= 11 is 0. The summed E-state index contributed by atoms with van der Waals surface area (Å²) in [7, 11) is 1.99. The lowest BCUT2D eigenvalue weighted by Crippen LogP contribution is -2.34. The highest BCUT2D eigenvalue weighted by Gasteiger charge is 2.36. The number of aromatic nitrogens is 3. The molecule has 6 nitrogen and oxygen atoms in total. The Morgan fingerprint density at radius 1 is 1.08 bits per heavy atom. The molecular weight excluding hydrogens is 314 g/mol. The molecule has 1 saturated carbocycles. The van der Waals surface area contributed by atoms with Crippen molar-refractivity contribution >= 4 is 11.5 Å². The van der Waals surface area contributed by atoms with Crippen LogP contribution < -0.4 is 10.6 Å². The van der Waals surface area contributed by atoms with Gasteiger partial charge in [-0.1, -0.05) is 36.2 Å². The van der Waals surface area contributed by atoms with Crippen molar-refractivity contribution in [2.75, 3.05) is 11.9 Å². The Labute approximate surface area is 146 Å². The van der Waals surface area contributed by atoms with E-state index in [0.29, 0.717) is 11.7 Å². The first-order chi connectivity index (χ1) is 12.2. The Kier molecular flexibility index (Phi) is 3.97. The van der Waals surface area contributed by atoms with Gasteiger partial charge in [-0.25, -0.2) is 4.98 Å². The Morgan fingerprint density at radius 3 is 2.52 bits per heavy atom. The van der Waals surface area contributed by atoms with Crippen LogP contribution >= 0.6 is 0 Å². The fraction of sp³-hybridized carbons (Fsp3) is 0.316. The molecule has 0 aliphatic heterocycles. The molecule has 0 amide bonds. The van der Waals surface area contributed by atoms with Gasteiger partial charge in [0.2, 0.25) is 0 Å². The molecule has 0 radical (unpaired) electrons. The van der Waals surface area contributed by atoms with Crippen LogP contribution in [0.4, 0.5) is 11.5 Å². The maximum absolute atomic E-state index is 6.39. The standard InChI is InChI=1S/C19H21N5O/c1-24(15-7-3-2-4-8-15)16-10-9-14(13-21-16)17-22-18(23-25-17)19(20)11-5-6-12-19/h2-4,7-10,13H,5-6,11-12,20H2,1H3. The largest absolute Gasteiger partial charge is 0.334 e. The van der Waals surface area contributed by atoms with Crippen molar-refractivity contribution in [1.82, 2.24) is 15.1 Å². The van der Waals surface area contributed by atoms with E-state index in [-0.39, 0.29) is 0 Å². The molecular formula is C19H21N5O. The molecule has 2 N–H and O–H groups in total. The zero-order valence-electron chi connectivity index (χ0n) is 14.2. The SMILES string of the molecule is CN(c1ccccc1)c1ccc(-c2nc(C3(N)CCCC3)no2)cn1. The minimum atomic E-state index is -0.442. The van der Waals surface area contributed by atoms with Gasteiger partial charge in [-0.2, -0.15) is 4.98 Å². The summed E-state index contributed by atoms with van der Waals surface area (Å²) in [6, 6.07) is 14.0. The molecule has 0 atom stereocenters. The van der Waals surface area contributed by atoms with Crippen LogP contribution in [0.5, 0.6) is 0 Å². The van der Waals surface area contributed by atoms with Gasteiger partial charge >= 0.3 is 0 Å². The van der Waals surface area contributed by atoms with E-state index in [9.17, 15) is 0 Å². The van der Waals surface area contributed by atoms with Crippen LogP contribution in [0.1, 0.15) is 31.5 Å². The lowest BCUT2D eigenvalue weighted by Gasteiger charge is -2.18. The molecule has 25 heavy (non-hydrogen) atoms. The average molecular weight is 335 g/mol. The topological polar surface area (TPSA) is 81.1 Å². The first kappa shape index (κ1) is 15.8. The zero-order chi connectivity index (χ0) is 17.3. The van der Waals surface area contributed by atoms with E-state index in [1.165, 1.54) is 0 Å². The predicted molar refractivity (Wildman–Crippen MR) is 96.4 cm³/mol. The Hall–Kier alpha value is -2.73. The van der Waals surface area contributed by atoms with Gasteiger partial charge in [-0.05, 0) is 37.1 Å². The van der Waals surface area contributed by atoms with Crippen LogP contribution in [0, 0.1) is 0 Å². The van der Waals surface area contributed by atoms with Crippen LogP contribution in [0.15, 0.2) is 53.2 Å². The summed E-state index contributed by atoms with van der Waals surface area (Å²) in [4.78, 5) is 11.1. The zero-order valence-corrected chi connectivity index (χ0v) is 14.2. The third kappa shape index (κ3) is 3.00. The first-order valence-electron chi connectivity index (χ1n) is 8.54. The van der Waals surface area contributed by atoms with Gasteiger partial charge < -0.3 is 15.2 Å². The molecule has 1 aromatic carbocycles. The molecule has 0 spiro atoms. The van der Waals surface area contributed by atoms with Crippen molar-refractivity contribution in [2.24, 2.45) is 5.73 Å². The third-order valence-electron chi connectivity index (χ3n) is 4.85. The van der Waals surface area contributed by atoms with Gasteiger partial charge in [0.05, 0.1) is 11.1 Å². The molecule has 0 unspecified atom stereocenters. The van der Waals surface area contributed by atoms with Crippen molar-refractivity contribution < 1.29 is 4.52 Å². The number of benzene rings is 1. The lowest BCUT2D eigenvalue weighted by molar-refractivity contribution is 0.372. The molecule has 4 rings (SSSR count). The van der Waals surface area contributed by atoms with Gasteiger partial charge in [0.15, 0.2) is 5.82 Å². The minimum Gasteiger partial charge on any atom is -0.334 e. The Morgan fingerprint density at radius 2 is 1.84 bits per heavy atom. The molecule has 128 valence electrons. The van der Waals surface area contributed by atoms with Gasteiger partial charge in [0, 0.05) is 18.9 Å². The maximum Gasteiger partial charge on any atom is 0.259 e.